The fourth-order valence-corrected chi connectivity index (χ4v) is 15.8. The van der Waals surface area contributed by atoms with Crippen LogP contribution in [0.4, 0.5) is 0 Å². The number of ether oxygens (including phenoxy) is 2. The molecule has 11 aromatic rings. The van der Waals surface area contributed by atoms with Crippen molar-refractivity contribution in [2.45, 2.75) is 143 Å². The SMILES string of the molecule is Cc1cc(C)c(-c2c3nc(c4c5ccc([n-]5)c(-c5c(C)cc(C)cc5C)c5nc(c(c6ccc2[n-]6)-c2cccc(c2)OCCCCC2(C)c6ccc([nH]6)C(C)(C)c6ccc([nH]6)C(C)(CCCCOc6cccc-4c6)c4ccc([nH]4)C(C)(C)c4ccc2[nH]4)C=C5)C=C3)c(C)c1.[Ni+2]. The van der Waals surface area contributed by atoms with E-state index in [1.165, 1.54) is 56.7 Å². The Bertz CT molecular complexity index is 4610. The number of aryl methyl sites for hydroxylation is 6. The molecule has 10 nitrogen and oxygen atoms in total. The monoisotopic (exact) mass is 1290 g/mol. The zero-order valence-corrected chi connectivity index (χ0v) is 57.7. The van der Waals surface area contributed by atoms with Gasteiger partial charge in [-0.05, 0) is 285 Å². The number of nitrogens with zero attached hydrogens (tertiary/aromatic N) is 4. The maximum absolute atomic E-state index is 6.85. The van der Waals surface area contributed by atoms with Gasteiger partial charge in [0.1, 0.15) is 11.5 Å². The van der Waals surface area contributed by atoms with E-state index in [0.717, 1.165) is 162 Å². The zero-order chi connectivity index (χ0) is 65.0. The van der Waals surface area contributed by atoms with Gasteiger partial charge in [-0.2, -0.15) is 0 Å². The van der Waals surface area contributed by atoms with Crippen molar-refractivity contribution in [1.82, 2.24) is 39.9 Å². The van der Waals surface area contributed by atoms with Gasteiger partial charge in [-0.1, -0.05) is 83.9 Å². The van der Waals surface area contributed by atoms with Gasteiger partial charge in [-0.3, -0.25) is 0 Å². The number of hydrogen-bond acceptors (Lipinski definition) is 4. The second-order valence-electron chi connectivity index (χ2n) is 28.6. The minimum atomic E-state index is -0.368. The summed E-state index contributed by atoms with van der Waals surface area (Å²) in [5, 5.41) is 0. The minimum Gasteiger partial charge on any atom is -0.657 e. The Morgan fingerprint density at radius 2 is 0.653 bits per heavy atom. The molecule has 7 aromatic heterocycles. The first kappa shape index (κ1) is 63.1. The van der Waals surface area contributed by atoms with E-state index in [4.69, 9.17) is 29.4 Å². The van der Waals surface area contributed by atoms with Crippen molar-refractivity contribution in [1.29, 1.82) is 0 Å². The molecule has 0 fully saturated rings. The topological polar surface area (TPSA) is 136 Å². The molecule has 4 N–H and O–H groups in total. The molecule has 24 bridgehead atoms. The van der Waals surface area contributed by atoms with Crippen LogP contribution < -0.4 is 19.4 Å². The summed E-state index contributed by atoms with van der Waals surface area (Å²) in [4.78, 5) is 38.9. The van der Waals surface area contributed by atoms with Crippen LogP contribution in [0, 0.1) is 41.5 Å². The number of aromatic nitrogens is 8. The molecular formula is C84H84N8NiO2. The van der Waals surface area contributed by atoms with E-state index < -0.39 is 0 Å². The van der Waals surface area contributed by atoms with Crippen molar-refractivity contribution in [2.75, 3.05) is 13.2 Å². The summed E-state index contributed by atoms with van der Waals surface area (Å²) in [5.74, 6) is 1.58. The van der Waals surface area contributed by atoms with Crippen LogP contribution in [0.15, 0.2) is 146 Å². The van der Waals surface area contributed by atoms with Crippen LogP contribution in [0.1, 0.15) is 182 Å². The second-order valence-corrected chi connectivity index (χ2v) is 28.6. The smallest absolute Gasteiger partial charge is 0.657 e. The molecule has 0 atom stereocenters. The van der Waals surface area contributed by atoms with Gasteiger partial charge >= 0.3 is 16.5 Å². The molecule has 0 amide bonds. The van der Waals surface area contributed by atoms with Gasteiger partial charge in [0.25, 0.3) is 0 Å². The van der Waals surface area contributed by atoms with Gasteiger partial charge in [0.2, 0.25) is 0 Å². The van der Waals surface area contributed by atoms with Crippen LogP contribution in [0.5, 0.6) is 11.5 Å². The summed E-state index contributed by atoms with van der Waals surface area (Å²) in [6.45, 7) is 28.3. The van der Waals surface area contributed by atoms with Crippen LogP contribution >= 0.6 is 0 Å². The summed E-state index contributed by atoms with van der Waals surface area (Å²) in [7, 11) is 0. The van der Waals surface area contributed by atoms with E-state index in [1.54, 1.807) is 0 Å². The second kappa shape index (κ2) is 24.2. The van der Waals surface area contributed by atoms with E-state index in [1.807, 2.05) is 0 Å². The molecule has 18 rings (SSSR count). The summed E-state index contributed by atoms with van der Waals surface area (Å²) in [6.07, 6.45) is 14.0. The van der Waals surface area contributed by atoms with Gasteiger partial charge in [-0.15, -0.1) is 22.1 Å². The summed E-state index contributed by atoms with van der Waals surface area (Å²) >= 11 is 0. The summed E-state index contributed by atoms with van der Waals surface area (Å²) < 4.78 is 13.7. The van der Waals surface area contributed by atoms with Gasteiger partial charge in [0.15, 0.2) is 0 Å². The largest absolute Gasteiger partial charge is 2.00 e. The van der Waals surface area contributed by atoms with Crippen LogP contribution in [0.25, 0.3) is 90.9 Å². The van der Waals surface area contributed by atoms with Crippen LogP contribution in [0.3, 0.4) is 0 Å². The fraction of sp³-hybridized carbons (Fsp3) is 0.286. The molecule has 11 heteroatoms. The van der Waals surface area contributed by atoms with Crippen LogP contribution in [-0.2, 0) is 38.2 Å². The Kier molecular flexibility index (Phi) is 16.1. The van der Waals surface area contributed by atoms with Gasteiger partial charge in [-0.25, -0.2) is 9.97 Å². The van der Waals surface area contributed by atoms with Crippen molar-refractivity contribution in [2.24, 2.45) is 0 Å². The standard InChI is InChI=1S/C84H84N8O2.Ni/c1-49-43-51(3)75(52(4)44-49)79-63-27-23-59(85-63)77-55-19-17-21-57(47-55)93-41-15-13-39-83(11)71-35-31-67(89-71)81(7,8)68-32-36-72(90-68)84(12,74-38-34-70(92-74)82(9,10)69-33-37-73(83)91-69)40-14-16-42-94-58-22-18-20-56(48-58)78(60-24-28-64(79)86-60)62-26-30-66(88-62)80(65-29-25-61(77)87-65)76-53(5)45-50(2)46-54(76)6;/h17-38,43-48,89-92H,13-16,39-42H2,1-12H3;/q-2;+2. The molecule has 482 valence electrons. The predicted octanol–water partition coefficient (Wildman–Crippen LogP) is 20.1. The first-order chi connectivity index (χ1) is 45.2. The first-order valence-corrected chi connectivity index (χ1v) is 33.7. The van der Waals surface area contributed by atoms with Crippen LogP contribution in [0.2, 0.25) is 0 Å². The quantitative estimate of drug-likeness (QED) is 0.127. The Morgan fingerprint density at radius 3 is 0.989 bits per heavy atom. The Hall–Kier alpha value is -9.31. The molecule has 95 heavy (non-hydrogen) atoms. The Balaban J connectivity index is 0.00000778. The molecule has 0 aliphatic carbocycles. The van der Waals surface area contributed by atoms with E-state index in [-0.39, 0.29) is 38.2 Å². The van der Waals surface area contributed by atoms with Gasteiger partial charge in [0, 0.05) is 67.2 Å². The van der Waals surface area contributed by atoms with Crippen molar-refractivity contribution in [3.63, 3.8) is 0 Å². The molecule has 14 heterocycles. The first-order valence-electron chi connectivity index (χ1n) is 33.7. The number of H-pyrrole nitrogens is 4. The van der Waals surface area contributed by atoms with Crippen molar-refractivity contribution < 1.29 is 26.0 Å². The number of hydrogen-bond donors (Lipinski definition) is 4. The van der Waals surface area contributed by atoms with Crippen LogP contribution in [-0.4, -0.2) is 43.1 Å². The van der Waals surface area contributed by atoms with E-state index in [0.29, 0.717) is 13.2 Å². The maximum atomic E-state index is 6.85. The molecule has 7 aliphatic rings. The number of benzene rings is 4. The molecule has 0 saturated carbocycles. The minimum absolute atomic E-state index is 0. The molecule has 0 spiro atoms. The van der Waals surface area contributed by atoms with Crippen molar-refractivity contribution in [3.8, 4) is 56.0 Å². The van der Waals surface area contributed by atoms with E-state index in [2.05, 4.69) is 273 Å². The van der Waals surface area contributed by atoms with Gasteiger partial charge < -0.3 is 39.4 Å². The third-order valence-electron chi connectivity index (χ3n) is 21.2. The number of nitrogens with one attached hydrogen (secondary N) is 4. The molecule has 0 radical (unpaired) electrons. The van der Waals surface area contributed by atoms with E-state index in [9.17, 15) is 0 Å². The normalized spacial score (nSPS) is 18.2. The fourth-order valence-electron chi connectivity index (χ4n) is 15.8. The summed E-state index contributed by atoms with van der Waals surface area (Å²) in [6, 6.07) is 53.2. The average molecular weight is 1300 g/mol. The Morgan fingerprint density at radius 1 is 0.347 bits per heavy atom. The molecule has 4 aromatic carbocycles. The predicted molar refractivity (Wildman–Crippen MR) is 386 cm³/mol. The zero-order valence-electron chi connectivity index (χ0n) is 56.7. The average Bonchev–Trinajstić information content (AvgIpc) is 1.62. The van der Waals surface area contributed by atoms with Crippen molar-refractivity contribution >= 4 is 46.4 Å². The maximum Gasteiger partial charge on any atom is 2.00 e. The molecular weight excluding hydrogens is 1210 g/mol. The van der Waals surface area contributed by atoms with E-state index >= 15 is 0 Å². The molecule has 7 aliphatic heterocycles. The third kappa shape index (κ3) is 11.1. The molecule has 0 unspecified atom stereocenters. The molecule has 0 saturated heterocycles. The number of rotatable bonds is 2. The third-order valence-corrected chi connectivity index (χ3v) is 21.2. The number of aromatic amines is 4. The Labute approximate surface area is 568 Å². The summed E-state index contributed by atoms with van der Waals surface area (Å²) in [5.41, 5.74) is 29.5. The van der Waals surface area contributed by atoms with Crippen molar-refractivity contribution in [3.05, 3.63) is 247 Å². The van der Waals surface area contributed by atoms with Gasteiger partial charge in [0.05, 0.1) is 36.0 Å².